The smallest absolute Gasteiger partial charge is 0.324 e. The maximum atomic E-state index is 9.76. The molecular formula is C14H12BN3O2. The third kappa shape index (κ3) is 2.24. The second-order valence-corrected chi connectivity index (χ2v) is 4.75. The van der Waals surface area contributed by atoms with Crippen LogP contribution in [-0.4, -0.2) is 21.9 Å². The monoisotopic (exact) mass is 265 g/mol. The van der Waals surface area contributed by atoms with Crippen LogP contribution in [0.15, 0.2) is 24.4 Å². The molecule has 0 aliphatic carbocycles. The summed E-state index contributed by atoms with van der Waals surface area (Å²) in [5, 5.41) is 9.76. The number of hydrogen-bond acceptors (Lipinski definition) is 4. The van der Waals surface area contributed by atoms with Crippen molar-refractivity contribution in [1.82, 2.24) is 9.97 Å². The zero-order valence-electron chi connectivity index (χ0n) is 11.0. The minimum Gasteiger partial charge on any atom is -0.446 e. The van der Waals surface area contributed by atoms with Crippen molar-refractivity contribution >= 4 is 18.1 Å². The molecule has 20 heavy (non-hydrogen) atoms. The van der Waals surface area contributed by atoms with Gasteiger partial charge in [-0.1, -0.05) is 6.07 Å². The molecule has 98 valence electrons. The van der Waals surface area contributed by atoms with Crippen LogP contribution >= 0.6 is 0 Å². The van der Waals surface area contributed by atoms with Crippen molar-refractivity contribution in [3.8, 4) is 11.8 Å². The lowest BCUT2D eigenvalue weighted by molar-refractivity contribution is 0.440. The van der Waals surface area contributed by atoms with Crippen molar-refractivity contribution < 1.29 is 9.76 Å². The fraction of sp³-hybridized carbons (Fsp3) is 0.214. The lowest BCUT2D eigenvalue weighted by Crippen LogP contribution is -2.25. The van der Waals surface area contributed by atoms with Crippen molar-refractivity contribution in [1.29, 1.82) is 0 Å². The molecule has 0 amide bonds. The Hall–Kier alpha value is -2.39. The van der Waals surface area contributed by atoms with Gasteiger partial charge in [-0.2, -0.15) is 0 Å². The predicted molar refractivity (Wildman–Crippen MR) is 75.7 cm³/mol. The Labute approximate surface area is 117 Å². The van der Waals surface area contributed by atoms with E-state index in [1.807, 2.05) is 12.1 Å². The topological polar surface area (TPSA) is 59.6 Å². The fourth-order valence-electron chi connectivity index (χ4n) is 2.34. The van der Waals surface area contributed by atoms with Crippen molar-refractivity contribution in [2.24, 2.45) is 0 Å². The van der Waals surface area contributed by atoms with Gasteiger partial charge in [0.25, 0.3) is 0 Å². The number of rotatable bonds is 2. The molecule has 0 fully saturated rings. The van der Waals surface area contributed by atoms with Gasteiger partial charge >= 0.3 is 12.9 Å². The quantitative estimate of drug-likeness (QED) is 0.665. The van der Waals surface area contributed by atoms with Crippen LogP contribution < -0.4 is 10.2 Å². The Kier molecular flexibility index (Phi) is 3.13. The van der Waals surface area contributed by atoms with E-state index in [9.17, 15) is 5.02 Å². The van der Waals surface area contributed by atoms with Gasteiger partial charge in [0.05, 0.1) is 12.3 Å². The molecule has 1 aliphatic rings. The summed E-state index contributed by atoms with van der Waals surface area (Å²) in [6, 6.07) is 5.82. The van der Waals surface area contributed by atoms with Crippen LogP contribution in [0.2, 0.25) is 6.32 Å². The third-order valence-electron chi connectivity index (χ3n) is 3.42. The molecule has 0 saturated carbocycles. The fourth-order valence-corrected chi connectivity index (χ4v) is 2.34. The van der Waals surface area contributed by atoms with Crippen LogP contribution in [-0.2, 0) is 6.42 Å². The average Bonchev–Trinajstić information content (AvgIpc) is 2.80. The Morgan fingerprint density at radius 3 is 3.05 bits per heavy atom. The second-order valence-electron chi connectivity index (χ2n) is 4.75. The summed E-state index contributed by atoms with van der Waals surface area (Å²) in [5.41, 5.74) is 3.10. The minimum absolute atomic E-state index is 0.230. The van der Waals surface area contributed by atoms with Gasteiger partial charge in [-0.3, -0.25) is 0 Å². The van der Waals surface area contributed by atoms with Crippen LogP contribution in [0.1, 0.15) is 11.3 Å². The van der Waals surface area contributed by atoms with Crippen molar-refractivity contribution in [3.63, 3.8) is 0 Å². The van der Waals surface area contributed by atoms with E-state index in [0.717, 1.165) is 23.8 Å². The summed E-state index contributed by atoms with van der Waals surface area (Å²) in [4.78, 5) is 11.5. The number of fused-ring (bicyclic) bond motifs is 1. The first-order valence-electron chi connectivity index (χ1n) is 6.37. The maximum absolute atomic E-state index is 9.76. The lowest BCUT2D eigenvalue weighted by Gasteiger charge is -2.07. The highest BCUT2D eigenvalue weighted by molar-refractivity contribution is 6.68. The highest BCUT2D eigenvalue weighted by Crippen LogP contribution is 2.24. The van der Waals surface area contributed by atoms with Gasteiger partial charge < -0.3 is 9.76 Å². The number of hydrogen-bond donors (Lipinski definition) is 1. The van der Waals surface area contributed by atoms with Crippen LogP contribution in [0.5, 0.6) is 11.8 Å². The van der Waals surface area contributed by atoms with Gasteiger partial charge in [0.2, 0.25) is 5.69 Å². The summed E-state index contributed by atoms with van der Waals surface area (Å²) in [7, 11) is 0. The molecule has 3 rings (SSSR count). The lowest BCUT2D eigenvalue weighted by atomic mass is 9.63. The van der Waals surface area contributed by atoms with Crippen LogP contribution in [0, 0.1) is 13.5 Å². The Bertz CT molecular complexity index is 712. The second kappa shape index (κ2) is 4.95. The number of aromatic nitrogens is 2. The molecule has 1 aromatic carbocycles. The van der Waals surface area contributed by atoms with Crippen molar-refractivity contribution in [3.05, 3.63) is 47.1 Å². The molecule has 2 aromatic rings. The van der Waals surface area contributed by atoms with Crippen molar-refractivity contribution in [2.45, 2.75) is 19.7 Å². The molecule has 0 saturated heterocycles. The molecule has 2 heterocycles. The molecule has 0 unspecified atom stereocenters. The molecule has 5 nitrogen and oxygen atoms in total. The molecule has 6 heteroatoms. The highest BCUT2D eigenvalue weighted by Gasteiger charge is 2.24. The highest BCUT2D eigenvalue weighted by atomic mass is 16.5. The molecule has 1 aromatic heterocycles. The average molecular weight is 265 g/mol. The molecule has 0 spiro atoms. The first kappa shape index (κ1) is 12.6. The minimum atomic E-state index is -0.365. The van der Waals surface area contributed by atoms with Crippen LogP contribution in [0.25, 0.3) is 4.85 Å². The zero-order chi connectivity index (χ0) is 14.1. The number of nitrogens with zero attached hydrogens (tertiary/aromatic N) is 3. The molecule has 0 atom stereocenters. The van der Waals surface area contributed by atoms with Gasteiger partial charge in [-0.25, -0.2) is 14.8 Å². The molecule has 1 aliphatic heterocycles. The van der Waals surface area contributed by atoms with E-state index >= 15 is 0 Å². The number of benzene rings is 1. The summed E-state index contributed by atoms with van der Waals surface area (Å²) in [6.07, 6.45) is 3.07. The van der Waals surface area contributed by atoms with Crippen molar-refractivity contribution in [2.75, 3.05) is 0 Å². The van der Waals surface area contributed by atoms with Gasteiger partial charge in [0.15, 0.2) is 0 Å². The molecular weight excluding hydrogens is 253 g/mol. The number of aryl methyl sites for hydroxylation is 2. The summed E-state index contributed by atoms with van der Waals surface area (Å²) in [5.74, 6) is 0.646. The summed E-state index contributed by atoms with van der Waals surface area (Å²) < 4.78 is 5.61. The molecule has 0 bridgehead atoms. The SMILES string of the molecule is [C-]#[N+]c1cnc(Oc2ccc3c(c2)CCB3O)nc1C. The normalized spacial score (nSPS) is 12.9. The van der Waals surface area contributed by atoms with E-state index in [1.54, 1.807) is 13.0 Å². The van der Waals surface area contributed by atoms with Gasteiger partial charge in [-0.05, 0) is 42.8 Å². The van der Waals surface area contributed by atoms with E-state index in [1.165, 1.54) is 6.20 Å². The van der Waals surface area contributed by atoms with E-state index < -0.39 is 0 Å². The first-order chi connectivity index (χ1) is 9.67. The van der Waals surface area contributed by atoms with E-state index in [4.69, 9.17) is 11.3 Å². The van der Waals surface area contributed by atoms with Crippen LogP contribution in [0.4, 0.5) is 5.69 Å². The standard InChI is InChI=1S/C14H12BN3O2/c1-9-13(16-2)8-17-14(18-9)20-11-3-4-12-10(7-11)5-6-15(12)19/h3-4,7-8,19H,5-6H2,1H3. The van der Waals surface area contributed by atoms with Crippen LogP contribution in [0.3, 0.4) is 0 Å². The van der Waals surface area contributed by atoms with E-state index in [2.05, 4.69) is 14.8 Å². The summed E-state index contributed by atoms with van der Waals surface area (Å²) >= 11 is 0. The Morgan fingerprint density at radius 2 is 2.30 bits per heavy atom. The largest absolute Gasteiger partial charge is 0.446 e. The van der Waals surface area contributed by atoms with Gasteiger partial charge in [0.1, 0.15) is 5.75 Å². The molecule has 1 N–H and O–H groups in total. The maximum Gasteiger partial charge on any atom is 0.324 e. The number of ether oxygens (including phenoxy) is 1. The van der Waals surface area contributed by atoms with E-state index in [-0.39, 0.29) is 12.9 Å². The predicted octanol–water partition coefficient (Wildman–Crippen LogP) is 1.88. The van der Waals surface area contributed by atoms with Gasteiger partial charge in [-0.15, -0.1) is 0 Å². The summed E-state index contributed by atoms with van der Waals surface area (Å²) in [6.45, 7) is 8.34. The van der Waals surface area contributed by atoms with Gasteiger partial charge in [0, 0.05) is 6.20 Å². The van der Waals surface area contributed by atoms with E-state index in [0.29, 0.717) is 17.1 Å². The Morgan fingerprint density at radius 1 is 1.45 bits per heavy atom. The molecule has 0 radical (unpaired) electrons. The zero-order valence-corrected chi connectivity index (χ0v) is 11.0. The third-order valence-corrected chi connectivity index (χ3v) is 3.42. The first-order valence-corrected chi connectivity index (χ1v) is 6.37. The Balaban J connectivity index is 1.85.